The van der Waals surface area contributed by atoms with Crippen molar-refractivity contribution < 1.29 is 0 Å². The lowest BCUT2D eigenvalue weighted by Crippen LogP contribution is -2.33. The van der Waals surface area contributed by atoms with Crippen LogP contribution in [0.5, 0.6) is 0 Å². The molecule has 1 aromatic rings. The molecule has 0 aliphatic carbocycles. The van der Waals surface area contributed by atoms with Gasteiger partial charge >= 0.3 is 0 Å². The van der Waals surface area contributed by atoms with Gasteiger partial charge in [-0.2, -0.15) is 5.12 Å². The number of hydrazone groups is 1. The number of nitrogens with zero attached hydrogens (tertiary/aromatic N) is 3. The van der Waals surface area contributed by atoms with E-state index in [1.165, 1.54) is 11.0 Å². The number of nitrogens with one attached hydrogen (secondary N) is 1. The van der Waals surface area contributed by atoms with Crippen LogP contribution in [0.4, 0.5) is 5.69 Å². The molecular formula is C7H7ClN4. The molecule has 0 saturated heterocycles. The Morgan fingerprint density at radius 2 is 2.00 bits per heavy atom. The van der Waals surface area contributed by atoms with Crippen molar-refractivity contribution in [3.63, 3.8) is 0 Å². The van der Waals surface area contributed by atoms with E-state index in [9.17, 15) is 0 Å². The third kappa shape index (κ3) is 1.22. The molecule has 0 radical (unpaired) electrons. The Bertz CT molecular complexity index is 287. The van der Waals surface area contributed by atoms with Crippen LogP contribution in [-0.2, 0) is 0 Å². The standard InChI is InChI=1S/C7H7ClN4/c8-12-10-6-9-11(12)7-4-2-1-3-5-7/h1-6H,(H,9,10). The fourth-order valence-corrected chi connectivity index (χ4v) is 1.13. The Morgan fingerprint density at radius 3 is 2.58 bits per heavy atom. The Balaban J connectivity index is 2.25. The molecule has 0 saturated carbocycles. The molecule has 12 heavy (non-hydrogen) atoms. The molecule has 0 unspecified atom stereocenters. The van der Waals surface area contributed by atoms with E-state index in [1.54, 1.807) is 5.12 Å². The number of hydrazine groups is 2. The summed E-state index contributed by atoms with van der Waals surface area (Å²) in [5.74, 6) is 0. The lowest BCUT2D eigenvalue weighted by molar-refractivity contribution is 0.421. The Labute approximate surface area is 75.1 Å². The van der Waals surface area contributed by atoms with Crippen LogP contribution in [0.2, 0.25) is 0 Å². The third-order valence-corrected chi connectivity index (χ3v) is 1.73. The van der Waals surface area contributed by atoms with Crippen LogP contribution >= 0.6 is 11.8 Å². The molecule has 1 aliphatic rings. The van der Waals surface area contributed by atoms with Crippen molar-refractivity contribution in [1.82, 2.24) is 10.1 Å². The van der Waals surface area contributed by atoms with Crippen molar-refractivity contribution in [3.8, 4) is 0 Å². The summed E-state index contributed by atoms with van der Waals surface area (Å²) >= 11 is 5.74. The second-order valence-electron chi connectivity index (χ2n) is 2.26. The minimum absolute atomic E-state index is 0.911. The van der Waals surface area contributed by atoms with Crippen LogP contribution in [0.1, 0.15) is 0 Å². The molecule has 0 amide bonds. The predicted octanol–water partition coefficient (Wildman–Crippen LogP) is 1.33. The smallest absolute Gasteiger partial charge is 0.127 e. The van der Waals surface area contributed by atoms with Gasteiger partial charge in [-0.1, -0.05) is 18.2 Å². The van der Waals surface area contributed by atoms with E-state index in [2.05, 4.69) is 10.5 Å². The zero-order valence-corrected chi connectivity index (χ0v) is 6.94. The molecule has 0 bridgehead atoms. The molecule has 0 spiro atoms. The van der Waals surface area contributed by atoms with Gasteiger partial charge < -0.3 is 0 Å². The second kappa shape index (κ2) is 3.00. The number of hydrogen-bond donors (Lipinski definition) is 1. The predicted molar refractivity (Wildman–Crippen MR) is 48.2 cm³/mol. The van der Waals surface area contributed by atoms with Gasteiger partial charge in [0.1, 0.15) is 6.34 Å². The zero-order valence-electron chi connectivity index (χ0n) is 6.18. The molecule has 1 aliphatic heterocycles. The van der Waals surface area contributed by atoms with Crippen molar-refractivity contribution >= 4 is 23.8 Å². The van der Waals surface area contributed by atoms with Crippen molar-refractivity contribution in [2.75, 3.05) is 5.12 Å². The highest BCUT2D eigenvalue weighted by Gasteiger charge is 2.15. The molecule has 1 aromatic carbocycles. The summed E-state index contributed by atoms with van der Waals surface area (Å²) in [6, 6.07) is 9.62. The van der Waals surface area contributed by atoms with Gasteiger partial charge in [-0.05, 0) is 16.8 Å². The molecular weight excluding hydrogens is 176 g/mol. The lowest BCUT2D eigenvalue weighted by Gasteiger charge is -2.18. The largest absolute Gasteiger partial charge is 0.273 e. The lowest BCUT2D eigenvalue weighted by atomic mass is 10.3. The number of anilines is 1. The highest BCUT2D eigenvalue weighted by Crippen LogP contribution is 2.17. The first-order valence-corrected chi connectivity index (χ1v) is 3.81. The van der Waals surface area contributed by atoms with Gasteiger partial charge in [0.25, 0.3) is 0 Å². The van der Waals surface area contributed by atoms with Crippen molar-refractivity contribution in [2.24, 2.45) is 5.10 Å². The summed E-state index contributed by atoms with van der Waals surface area (Å²) in [7, 11) is 0. The average Bonchev–Trinajstić information content (AvgIpc) is 2.53. The molecule has 0 aromatic heterocycles. The van der Waals surface area contributed by atoms with E-state index in [-0.39, 0.29) is 0 Å². The van der Waals surface area contributed by atoms with Gasteiger partial charge in [0.2, 0.25) is 0 Å². The summed E-state index contributed by atoms with van der Waals surface area (Å²) in [6.45, 7) is 0. The van der Waals surface area contributed by atoms with Gasteiger partial charge in [-0.25, -0.2) is 0 Å². The minimum Gasteiger partial charge on any atom is -0.273 e. The number of rotatable bonds is 1. The molecule has 0 atom stereocenters. The number of hydrogen-bond acceptors (Lipinski definition) is 4. The fraction of sp³-hybridized carbons (Fsp3) is 0. The maximum Gasteiger partial charge on any atom is 0.127 e. The molecule has 1 N–H and O–H groups in total. The average molecular weight is 183 g/mol. The van der Waals surface area contributed by atoms with Crippen molar-refractivity contribution in [3.05, 3.63) is 30.3 Å². The maximum atomic E-state index is 5.74. The Hall–Kier alpha value is -1.26. The van der Waals surface area contributed by atoms with Crippen LogP contribution in [-0.4, -0.2) is 11.0 Å². The normalized spacial score (nSPS) is 16.6. The number of halogens is 1. The molecule has 4 nitrogen and oxygen atoms in total. The van der Waals surface area contributed by atoms with Crippen LogP contribution in [0, 0.1) is 0 Å². The highest BCUT2D eigenvalue weighted by atomic mass is 35.5. The SMILES string of the molecule is ClN1NC=NN1c1ccccc1. The Kier molecular flexibility index (Phi) is 1.85. The van der Waals surface area contributed by atoms with E-state index in [4.69, 9.17) is 11.8 Å². The first-order valence-electron chi connectivity index (χ1n) is 3.47. The molecule has 1 heterocycles. The van der Waals surface area contributed by atoms with E-state index >= 15 is 0 Å². The molecule has 5 heteroatoms. The topological polar surface area (TPSA) is 30.9 Å². The quantitative estimate of drug-likeness (QED) is 0.665. The minimum atomic E-state index is 0.911. The van der Waals surface area contributed by atoms with Crippen LogP contribution in [0.15, 0.2) is 35.4 Å². The van der Waals surface area contributed by atoms with Crippen molar-refractivity contribution in [1.29, 1.82) is 0 Å². The first kappa shape index (κ1) is 7.39. The molecule has 62 valence electrons. The number of para-hydroxylation sites is 1. The second-order valence-corrected chi connectivity index (χ2v) is 2.58. The fourth-order valence-electron chi connectivity index (χ4n) is 0.958. The van der Waals surface area contributed by atoms with Crippen LogP contribution < -0.4 is 10.5 Å². The van der Waals surface area contributed by atoms with Gasteiger partial charge in [-0.15, -0.1) is 5.10 Å². The summed E-state index contributed by atoms with van der Waals surface area (Å²) in [4.78, 5) is 0. The highest BCUT2D eigenvalue weighted by molar-refractivity contribution is 6.14. The Morgan fingerprint density at radius 1 is 1.25 bits per heavy atom. The van der Waals surface area contributed by atoms with Gasteiger partial charge in [0, 0.05) is 11.8 Å². The third-order valence-electron chi connectivity index (χ3n) is 1.48. The van der Waals surface area contributed by atoms with Gasteiger partial charge in [0.05, 0.1) is 5.69 Å². The zero-order chi connectivity index (χ0) is 8.39. The summed E-state index contributed by atoms with van der Waals surface area (Å²) in [5.41, 5.74) is 3.61. The molecule has 0 fully saturated rings. The number of benzene rings is 1. The van der Waals surface area contributed by atoms with E-state index in [1.807, 2.05) is 30.3 Å². The van der Waals surface area contributed by atoms with Crippen LogP contribution in [0.25, 0.3) is 0 Å². The van der Waals surface area contributed by atoms with Gasteiger partial charge in [-0.3, -0.25) is 5.43 Å². The summed E-state index contributed by atoms with van der Waals surface area (Å²) in [6.07, 6.45) is 1.51. The monoisotopic (exact) mass is 182 g/mol. The maximum absolute atomic E-state index is 5.74. The summed E-state index contributed by atoms with van der Waals surface area (Å²) < 4.78 is 1.27. The van der Waals surface area contributed by atoms with Crippen LogP contribution in [0.3, 0.4) is 0 Å². The summed E-state index contributed by atoms with van der Waals surface area (Å²) in [5, 5.41) is 5.52. The van der Waals surface area contributed by atoms with E-state index in [0.29, 0.717) is 0 Å². The van der Waals surface area contributed by atoms with E-state index < -0.39 is 0 Å². The molecule has 2 rings (SSSR count). The van der Waals surface area contributed by atoms with E-state index in [0.717, 1.165) is 5.69 Å². The van der Waals surface area contributed by atoms with Crippen molar-refractivity contribution in [2.45, 2.75) is 0 Å². The van der Waals surface area contributed by atoms with Gasteiger partial charge in [0.15, 0.2) is 0 Å². The first-order chi connectivity index (χ1) is 5.88.